The standard InChI is InChI=1S/C24H16ClF2NO3S/c25-18-8-5-10-20(27)17(18)13-28-23(29)22(32-24(28)30)12-15-6-2-4-11-21(15)31-14-16-7-1-3-9-19(16)26/h1-12H,13-14H2/b22-12+. The summed E-state index contributed by atoms with van der Waals surface area (Å²) in [7, 11) is 0. The molecule has 1 fully saturated rings. The molecule has 0 aliphatic carbocycles. The molecule has 0 spiro atoms. The molecule has 1 heterocycles. The second-order valence-corrected chi connectivity index (χ2v) is 8.29. The maximum Gasteiger partial charge on any atom is 0.293 e. The van der Waals surface area contributed by atoms with Crippen molar-refractivity contribution >= 4 is 40.6 Å². The summed E-state index contributed by atoms with van der Waals surface area (Å²) in [4.78, 5) is 26.4. The molecular weight excluding hydrogens is 456 g/mol. The van der Waals surface area contributed by atoms with E-state index in [1.807, 2.05) is 0 Å². The number of imide groups is 1. The van der Waals surface area contributed by atoms with Crippen molar-refractivity contribution in [2.75, 3.05) is 0 Å². The summed E-state index contributed by atoms with van der Waals surface area (Å²) in [5, 5.41) is -0.384. The van der Waals surface area contributed by atoms with Gasteiger partial charge in [-0.05, 0) is 42.1 Å². The molecule has 3 aromatic rings. The van der Waals surface area contributed by atoms with Gasteiger partial charge in [0.1, 0.15) is 24.0 Å². The monoisotopic (exact) mass is 471 g/mol. The number of benzene rings is 3. The molecule has 0 radical (unpaired) electrons. The van der Waals surface area contributed by atoms with Crippen molar-refractivity contribution < 1.29 is 23.1 Å². The van der Waals surface area contributed by atoms with Crippen LogP contribution >= 0.6 is 23.4 Å². The van der Waals surface area contributed by atoms with Crippen molar-refractivity contribution in [3.63, 3.8) is 0 Å². The molecule has 162 valence electrons. The Labute approximate surface area is 192 Å². The zero-order valence-electron chi connectivity index (χ0n) is 16.6. The van der Waals surface area contributed by atoms with Crippen LogP contribution in [0.2, 0.25) is 5.02 Å². The minimum atomic E-state index is -0.590. The fourth-order valence-electron chi connectivity index (χ4n) is 3.12. The molecule has 1 saturated heterocycles. The van der Waals surface area contributed by atoms with E-state index in [4.69, 9.17) is 16.3 Å². The number of hydrogen-bond acceptors (Lipinski definition) is 4. The quantitative estimate of drug-likeness (QED) is 0.388. The molecule has 0 aromatic heterocycles. The minimum Gasteiger partial charge on any atom is -0.488 e. The van der Waals surface area contributed by atoms with Gasteiger partial charge in [-0.15, -0.1) is 0 Å². The summed E-state index contributed by atoms with van der Waals surface area (Å²) < 4.78 is 33.7. The van der Waals surface area contributed by atoms with E-state index in [-0.39, 0.29) is 34.5 Å². The SMILES string of the molecule is O=C1S/C(=C/c2ccccc2OCc2ccccc2F)C(=O)N1Cc1c(F)cccc1Cl. The van der Waals surface area contributed by atoms with Gasteiger partial charge in [-0.2, -0.15) is 0 Å². The Balaban J connectivity index is 1.55. The Morgan fingerprint density at radius 1 is 0.938 bits per heavy atom. The summed E-state index contributed by atoms with van der Waals surface area (Å²) in [6.07, 6.45) is 1.53. The fourth-order valence-corrected chi connectivity index (χ4v) is 4.17. The second-order valence-electron chi connectivity index (χ2n) is 6.89. The largest absolute Gasteiger partial charge is 0.488 e. The van der Waals surface area contributed by atoms with Crippen LogP contribution in [-0.4, -0.2) is 16.0 Å². The lowest BCUT2D eigenvalue weighted by Gasteiger charge is -2.14. The molecule has 8 heteroatoms. The molecule has 4 nitrogen and oxygen atoms in total. The van der Waals surface area contributed by atoms with Gasteiger partial charge >= 0.3 is 0 Å². The number of carbonyl (C=O) groups excluding carboxylic acids is 2. The molecule has 1 aliphatic heterocycles. The average Bonchev–Trinajstić information content (AvgIpc) is 3.04. The van der Waals surface area contributed by atoms with Crippen LogP contribution in [0.25, 0.3) is 6.08 Å². The van der Waals surface area contributed by atoms with E-state index in [1.165, 1.54) is 30.3 Å². The Morgan fingerprint density at radius 3 is 2.44 bits per heavy atom. The lowest BCUT2D eigenvalue weighted by molar-refractivity contribution is -0.123. The van der Waals surface area contributed by atoms with Crippen LogP contribution in [0.3, 0.4) is 0 Å². The zero-order chi connectivity index (χ0) is 22.7. The molecule has 1 aliphatic rings. The highest BCUT2D eigenvalue weighted by molar-refractivity contribution is 8.18. The summed E-state index contributed by atoms with van der Waals surface area (Å²) >= 11 is 6.78. The first-order valence-electron chi connectivity index (χ1n) is 9.57. The van der Waals surface area contributed by atoms with Gasteiger partial charge in [0, 0.05) is 21.7 Å². The number of ether oxygens (including phenoxy) is 1. The van der Waals surface area contributed by atoms with Crippen molar-refractivity contribution in [2.45, 2.75) is 13.2 Å². The molecule has 0 bridgehead atoms. The Hall–Kier alpha value is -3.16. The predicted octanol–water partition coefficient (Wildman–Crippen LogP) is 6.43. The van der Waals surface area contributed by atoms with Crippen LogP contribution in [0.4, 0.5) is 13.6 Å². The van der Waals surface area contributed by atoms with Crippen molar-refractivity contribution in [3.05, 3.63) is 105 Å². The minimum absolute atomic E-state index is 0.00475. The van der Waals surface area contributed by atoms with Gasteiger partial charge in [-0.25, -0.2) is 8.78 Å². The first kappa shape index (κ1) is 22.0. The van der Waals surface area contributed by atoms with Crippen LogP contribution in [0.5, 0.6) is 5.75 Å². The molecule has 0 N–H and O–H groups in total. The number of amides is 2. The topological polar surface area (TPSA) is 46.6 Å². The van der Waals surface area contributed by atoms with Gasteiger partial charge in [0.15, 0.2) is 0 Å². The van der Waals surface area contributed by atoms with E-state index in [0.29, 0.717) is 16.9 Å². The highest BCUT2D eigenvalue weighted by atomic mass is 35.5. The third kappa shape index (κ3) is 4.69. The van der Waals surface area contributed by atoms with Crippen LogP contribution < -0.4 is 4.74 Å². The number of hydrogen-bond donors (Lipinski definition) is 0. The van der Waals surface area contributed by atoms with Gasteiger partial charge in [-0.1, -0.05) is 54.1 Å². The van der Waals surface area contributed by atoms with E-state index in [1.54, 1.807) is 42.5 Å². The fraction of sp³-hybridized carbons (Fsp3) is 0.0833. The van der Waals surface area contributed by atoms with Crippen LogP contribution in [0, 0.1) is 11.6 Å². The van der Waals surface area contributed by atoms with E-state index >= 15 is 0 Å². The smallest absolute Gasteiger partial charge is 0.293 e. The molecule has 0 atom stereocenters. The maximum atomic E-state index is 14.1. The van der Waals surface area contributed by atoms with Crippen molar-refractivity contribution in [1.29, 1.82) is 0 Å². The van der Waals surface area contributed by atoms with Gasteiger partial charge < -0.3 is 4.74 Å². The molecule has 3 aromatic carbocycles. The first-order valence-corrected chi connectivity index (χ1v) is 10.8. The lowest BCUT2D eigenvalue weighted by Crippen LogP contribution is -2.28. The molecule has 32 heavy (non-hydrogen) atoms. The molecular formula is C24H16ClF2NO3S. The Bertz CT molecular complexity index is 1210. The number of nitrogens with zero attached hydrogens (tertiary/aromatic N) is 1. The molecule has 4 rings (SSSR count). The van der Waals surface area contributed by atoms with Gasteiger partial charge in [-0.3, -0.25) is 14.5 Å². The average molecular weight is 472 g/mol. The first-order chi connectivity index (χ1) is 15.4. The second kappa shape index (κ2) is 9.54. The molecule has 0 saturated carbocycles. The summed E-state index contributed by atoms with van der Waals surface area (Å²) in [6, 6.07) is 17.4. The lowest BCUT2D eigenvalue weighted by atomic mass is 10.1. The zero-order valence-corrected chi connectivity index (χ0v) is 18.1. The van der Waals surface area contributed by atoms with E-state index in [0.717, 1.165) is 16.7 Å². The maximum absolute atomic E-state index is 14.1. The van der Waals surface area contributed by atoms with E-state index < -0.39 is 17.0 Å². The highest BCUT2D eigenvalue weighted by Crippen LogP contribution is 2.36. The summed E-state index contributed by atoms with van der Waals surface area (Å²) in [6.45, 7) is -0.260. The van der Waals surface area contributed by atoms with Crippen molar-refractivity contribution in [3.8, 4) is 5.75 Å². The van der Waals surface area contributed by atoms with Gasteiger partial charge in [0.25, 0.3) is 11.1 Å². The van der Waals surface area contributed by atoms with Gasteiger partial charge in [0.2, 0.25) is 0 Å². The third-order valence-corrected chi connectivity index (χ3v) is 6.06. The number of halogens is 3. The normalized spacial score (nSPS) is 15.0. The number of thioether (sulfide) groups is 1. The highest BCUT2D eigenvalue weighted by Gasteiger charge is 2.36. The Morgan fingerprint density at radius 2 is 1.66 bits per heavy atom. The van der Waals surface area contributed by atoms with Crippen molar-refractivity contribution in [2.24, 2.45) is 0 Å². The number of rotatable bonds is 6. The Kier molecular flexibility index (Phi) is 6.58. The van der Waals surface area contributed by atoms with E-state index in [9.17, 15) is 18.4 Å². The predicted molar refractivity (Wildman–Crippen MR) is 120 cm³/mol. The van der Waals surface area contributed by atoms with E-state index in [2.05, 4.69) is 0 Å². The van der Waals surface area contributed by atoms with Crippen molar-refractivity contribution in [1.82, 2.24) is 4.90 Å². The third-order valence-electron chi connectivity index (χ3n) is 4.80. The molecule has 0 unspecified atom stereocenters. The van der Waals surface area contributed by atoms with Gasteiger partial charge in [0.05, 0.1) is 11.4 Å². The number of para-hydroxylation sites is 1. The summed E-state index contributed by atoms with van der Waals surface area (Å²) in [5.74, 6) is -1.09. The van der Waals surface area contributed by atoms with Crippen LogP contribution in [0.1, 0.15) is 16.7 Å². The van der Waals surface area contributed by atoms with Crippen LogP contribution in [-0.2, 0) is 17.9 Å². The van der Waals surface area contributed by atoms with Crippen LogP contribution in [0.15, 0.2) is 71.6 Å². The number of carbonyl (C=O) groups is 2. The molecule has 2 amide bonds. The summed E-state index contributed by atoms with van der Waals surface area (Å²) in [5.41, 5.74) is 1.02.